The van der Waals surface area contributed by atoms with Crippen LogP contribution in [0.1, 0.15) is 18.1 Å². The number of aromatic hydroxyl groups is 1. The number of hydrogen-bond acceptors (Lipinski definition) is 7. The van der Waals surface area contributed by atoms with Gasteiger partial charge in [-0.1, -0.05) is 35.2 Å². The summed E-state index contributed by atoms with van der Waals surface area (Å²) in [5, 5.41) is 22.7. The lowest BCUT2D eigenvalue weighted by Gasteiger charge is -2.36. The minimum absolute atomic E-state index is 0.0550. The Hall–Kier alpha value is -2.30. The molecular weight excluding hydrogens is 358 g/mol. The molecule has 2 aromatic rings. The Balaban J connectivity index is 1.84. The zero-order valence-electron chi connectivity index (χ0n) is 14.1. The Bertz CT molecular complexity index is 830. The second-order valence-electron chi connectivity index (χ2n) is 6.05. The number of para-hydroxylation sites is 1. The van der Waals surface area contributed by atoms with Crippen molar-refractivity contribution < 1.29 is 24.1 Å². The van der Waals surface area contributed by atoms with Crippen LogP contribution in [0.25, 0.3) is 0 Å². The predicted molar refractivity (Wildman–Crippen MR) is 101 cm³/mol. The maximum Gasteiger partial charge on any atom is 0.221 e. The number of rotatable bonds is 4. The quantitative estimate of drug-likeness (QED) is 0.481. The molecule has 6 N–H and O–H groups in total. The van der Waals surface area contributed by atoms with Gasteiger partial charge in [0, 0.05) is 12.6 Å². The van der Waals surface area contributed by atoms with Gasteiger partial charge < -0.3 is 15.5 Å². The average Bonchev–Trinajstić information content (AvgIpc) is 2.81. The number of aliphatic hydroxyl groups excluding tert-OH is 1. The molecule has 0 spiro atoms. The molecule has 140 valence electrons. The molecule has 1 aliphatic heterocycles. The Morgan fingerprint density at radius 3 is 2.65 bits per heavy atom. The molecule has 1 unspecified atom stereocenters. The van der Waals surface area contributed by atoms with Crippen LogP contribution in [0.15, 0.2) is 42.5 Å². The van der Waals surface area contributed by atoms with Gasteiger partial charge in [-0.25, -0.2) is 0 Å². The molecule has 0 radical (unpaired) electrons. The number of nitrogens with one attached hydrogen (secondary N) is 2. The standard InChI is InChI=1S/C17H21N3O5S/c1-11(21)18-14-5-3-2-4-13(14)8-12-6-7-15(16(22)9-12)20-10-17(23)19-26(20,24)25/h2-7,9,17,19,22-25H,8,10H2,1H3,(H,18,21). The second-order valence-corrected chi connectivity index (χ2v) is 7.77. The Morgan fingerprint density at radius 2 is 2.04 bits per heavy atom. The third-order valence-corrected chi connectivity index (χ3v) is 5.52. The fraction of sp³-hybridized carbons (Fsp3) is 0.235. The minimum atomic E-state index is -3.38. The maximum absolute atomic E-state index is 11.3. The topological polar surface area (TPSA) is 125 Å². The Labute approximate surface area is 152 Å². The van der Waals surface area contributed by atoms with Crippen molar-refractivity contribution in [2.24, 2.45) is 0 Å². The van der Waals surface area contributed by atoms with Gasteiger partial charge in [-0.05, 0) is 35.7 Å². The summed E-state index contributed by atoms with van der Waals surface area (Å²) < 4.78 is 23.4. The van der Waals surface area contributed by atoms with Crippen LogP contribution in [-0.2, 0) is 11.2 Å². The van der Waals surface area contributed by atoms with Gasteiger partial charge in [-0.3, -0.25) is 18.2 Å². The molecule has 1 fully saturated rings. The fourth-order valence-electron chi connectivity index (χ4n) is 2.88. The number of benzene rings is 2. The molecule has 26 heavy (non-hydrogen) atoms. The summed E-state index contributed by atoms with van der Waals surface area (Å²) in [6.07, 6.45) is -0.620. The van der Waals surface area contributed by atoms with E-state index in [9.17, 15) is 24.1 Å². The van der Waals surface area contributed by atoms with Gasteiger partial charge in [-0.15, -0.1) is 0 Å². The number of amides is 1. The average molecular weight is 379 g/mol. The zero-order valence-corrected chi connectivity index (χ0v) is 14.9. The van der Waals surface area contributed by atoms with Gasteiger partial charge in [0.25, 0.3) is 0 Å². The monoisotopic (exact) mass is 379 g/mol. The van der Waals surface area contributed by atoms with E-state index in [0.29, 0.717) is 12.1 Å². The van der Waals surface area contributed by atoms with E-state index in [0.717, 1.165) is 15.4 Å². The normalized spacial score (nSPS) is 20.0. The van der Waals surface area contributed by atoms with E-state index in [1.54, 1.807) is 18.2 Å². The van der Waals surface area contributed by atoms with Crippen LogP contribution in [0.3, 0.4) is 0 Å². The van der Waals surface area contributed by atoms with Crippen molar-refractivity contribution in [3.63, 3.8) is 0 Å². The minimum Gasteiger partial charge on any atom is -0.506 e. The summed E-state index contributed by atoms with van der Waals surface area (Å²) in [6.45, 7) is 1.38. The summed E-state index contributed by atoms with van der Waals surface area (Å²) in [6, 6.07) is 12.2. The van der Waals surface area contributed by atoms with Crippen molar-refractivity contribution in [3.8, 4) is 5.75 Å². The number of aliphatic hydroxyl groups is 1. The maximum atomic E-state index is 11.3. The summed E-state index contributed by atoms with van der Waals surface area (Å²) in [7, 11) is -3.38. The van der Waals surface area contributed by atoms with Crippen molar-refractivity contribution >= 4 is 28.2 Å². The highest BCUT2D eigenvalue weighted by molar-refractivity contribution is 8.24. The van der Waals surface area contributed by atoms with E-state index in [2.05, 4.69) is 10.0 Å². The lowest BCUT2D eigenvalue weighted by atomic mass is 10.0. The smallest absolute Gasteiger partial charge is 0.221 e. The first-order valence-electron chi connectivity index (χ1n) is 7.95. The summed E-state index contributed by atoms with van der Waals surface area (Å²) in [5.74, 6) is -0.295. The summed E-state index contributed by atoms with van der Waals surface area (Å²) in [5.41, 5.74) is 2.59. The van der Waals surface area contributed by atoms with Crippen molar-refractivity contribution in [1.82, 2.24) is 4.72 Å². The van der Waals surface area contributed by atoms with Crippen molar-refractivity contribution in [1.29, 1.82) is 0 Å². The number of carbonyl (C=O) groups is 1. The number of hydrogen-bond donors (Lipinski definition) is 6. The fourth-order valence-corrected chi connectivity index (χ4v) is 4.22. The van der Waals surface area contributed by atoms with Crippen LogP contribution < -0.4 is 14.3 Å². The van der Waals surface area contributed by atoms with Crippen molar-refractivity contribution in [2.45, 2.75) is 19.6 Å². The zero-order chi connectivity index (χ0) is 18.9. The number of phenols is 1. The van der Waals surface area contributed by atoms with Gasteiger partial charge in [0.05, 0.1) is 6.54 Å². The van der Waals surface area contributed by atoms with E-state index in [1.807, 2.05) is 18.2 Å². The van der Waals surface area contributed by atoms with Crippen molar-refractivity contribution in [2.75, 3.05) is 16.2 Å². The molecule has 0 bridgehead atoms. The van der Waals surface area contributed by atoms with E-state index >= 15 is 0 Å². The van der Waals surface area contributed by atoms with Crippen LogP contribution in [0.5, 0.6) is 5.75 Å². The highest BCUT2D eigenvalue weighted by Crippen LogP contribution is 2.49. The van der Waals surface area contributed by atoms with E-state index < -0.39 is 17.2 Å². The van der Waals surface area contributed by atoms with Gasteiger partial charge in [0.2, 0.25) is 5.91 Å². The predicted octanol–water partition coefficient (Wildman–Crippen LogP) is 2.25. The van der Waals surface area contributed by atoms with E-state index in [-0.39, 0.29) is 23.9 Å². The first kappa shape index (κ1) is 18.5. The lowest BCUT2D eigenvalue weighted by Crippen LogP contribution is -2.25. The molecule has 1 amide bonds. The third kappa shape index (κ3) is 3.92. The third-order valence-electron chi connectivity index (χ3n) is 3.97. The molecule has 2 aromatic carbocycles. The molecule has 1 heterocycles. The lowest BCUT2D eigenvalue weighted by molar-refractivity contribution is -0.114. The van der Waals surface area contributed by atoms with Crippen LogP contribution in [0.4, 0.5) is 11.4 Å². The van der Waals surface area contributed by atoms with E-state index in [1.165, 1.54) is 13.0 Å². The number of nitrogens with zero attached hydrogens (tertiary/aromatic N) is 1. The summed E-state index contributed by atoms with van der Waals surface area (Å²) in [4.78, 5) is 11.3. The first-order valence-corrected chi connectivity index (χ1v) is 9.45. The number of carbonyl (C=O) groups excluding carboxylic acids is 1. The van der Waals surface area contributed by atoms with Gasteiger partial charge in [0.15, 0.2) is 0 Å². The molecule has 1 atom stereocenters. The van der Waals surface area contributed by atoms with Gasteiger partial charge in [-0.2, -0.15) is 4.72 Å². The molecule has 9 heteroatoms. The second kappa shape index (κ2) is 7.14. The molecule has 8 nitrogen and oxygen atoms in total. The number of β-amino-alcohol motifs (C(OH)–C–C–N with tert-alkyl or cyclic N) is 1. The Kier molecular flexibility index (Phi) is 5.08. The molecular formula is C17H21N3O5S. The first-order chi connectivity index (χ1) is 12.3. The molecule has 3 rings (SSSR count). The van der Waals surface area contributed by atoms with Gasteiger partial charge in [0.1, 0.15) is 17.7 Å². The number of anilines is 2. The largest absolute Gasteiger partial charge is 0.506 e. The molecule has 0 saturated carbocycles. The highest BCUT2D eigenvalue weighted by Gasteiger charge is 2.36. The van der Waals surface area contributed by atoms with Crippen LogP contribution >= 0.6 is 11.0 Å². The highest BCUT2D eigenvalue weighted by atomic mass is 32.3. The Morgan fingerprint density at radius 1 is 1.31 bits per heavy atom. The summed E-state index contributed by atoms with van der Waals surface area (Å²) >= 11 is 0. The SMILES string of the molecule is CC(=O)Nc1ccccc1Cc1ccc(N2CC(O)NS2(O)O)c(O)c1. The molecule has 1 aliphatic rings. The van der Waals surface area contributed by atoms with Gasteiger partial charge >= 0.3 is 0 Å². The van der Waals surface area contributed by atoms with Crippen LogP contribution in [0, 0.1) is 0 Å². The molecule has 0 aliphatic carbocycles. The molecule has 1 saturated heterocycles. The number of phenolic OH excluding ortho intramolecular Hbond substituents is 1. The molecule has 0 aromatic heterocycles. The van der Waals surface area contributed by atoms with Crippen LogP contribution in [0.2, 0.25) is 0 Å². The van der Waals surface area contributed by atoms with E-state index in [4.69, 9.17) is 0 Å². The van der Waals surface area contributed by atoms with Crippen LogP contribution in [-0.4, -0.2) is 38.0 Å². The van der Waals surface area contributed by atoms with Crippen molar-refractivity contribution in [3.05, 3.63) is 53.6 Å².